The zero-order chi connectivity index (χ0) is 17.0. The fourth-order valence-corrected chi connectivity index (χ4v) is 2.89. The van der Waals surface area contributed by atoms with Crippen LogP contribution in [0.5, 0.6) is 0 Å². The summed E-state index contributed by atoms with van der Waals surface area (Å²) in [5.41, 5.74) is 7.00. The lowest BCUT2D eigenvalue weighted by atomic mass is 9.83. The van der Waals surface area contributed by atoms with Crippen LogP contribution in [0.2, 0.25) is 0 Å². The van der Waals surface area contributed by atoms with Crippen LogP contribution in [-0.2, 0) is 14.3 Å². The first-order chi connectivity index (χ1) is 11.0. The van der Waals surface area contributed by atoms with Crippen molar-refractivity contribution in [3.63, 3.8) is 0 Å². The number of hydrogen-bond acceptors (Lipinski definition) is 5. The van der Waals surface area contributed by atoms with Gasteiger partial charge in [-0.15, -0.1) is 0 Å². The molecule has 2 rings (SSSR count). The van der Waals surface area contributed by atoms with Gasteiger partial charge < -0.3 is 15.2 Å². The van der Waals surface area contributed by atoms with E-state index in [2.05, 4.69) is 22.5 Å². The number of hydrogen-bond donors (Lipinski definition) is 1. The maximum absolute atomic E-state index is 12.4. The van der Waals surface area contributed by atoms with Crippen molar-refractivity contribution in [1.29, 1.82) is 5.26 Å². The first kappa shape index (κ1) is 16.8. The van der Waals surface area contributed by atoms with Crippen molar-refractivity contribution in [1.82, 2.24) is 0 Å². The molecule has 1 aliphatic heterocycles. The monoisotopic (exact) mass is 374 g/mol. The minimum absolute atomic E-state index is 0.00831. The third-order valence-corrected chi connectivity index (χ3v) is 4.10. The molecule has 118 valence electrons. The van der Waals surface area contributed by atoms with Crippen molar-refractivity contribution in [3.05, 3.63) is 69.7 Å². The van der Waals surface area contributed by atoms with Crippen LogP contribution in [0.15, 0.2) is 64.2 Å². The Kier molecular flexibility index (Phi) is 5.24. The van der Waals surface area contributed by atoms with Crippen LogP contribution in [0.4, 0.5) is 0 Å². The third-order valence-electron chi connectivity index (χ3n) is 3.37. The van der Waals surface area contributed by atoms with E-state index in [9.17, 15) is 10.1 Å². The lowest BCUT2D eigenvalue weighted by Crippen LogP contribution is -2.25. The predicted molar refractivity (Wildman–Crippen MR) is 88.7 cm³/mol. The Morgan fingerprint density at radius 1 is 1.57 bits per heavy atom. The summed E-state index contributed by atoms with van der Waals surface area (Å²) in [4.78, 5) is 12.4. The van der Waals surface area contributed by atoms with E-state index < -0.39 is 11.9 Å². The predicted octanol–water partition coefficient (Wildman–Crippen LogP) is 3.26. The van der Waals surface area contributed by atoms with Gasteiger partial charge in [-0.25, -0.2) is 4.79 Å². The molecule has 1 aromatic rings. The van der Waals surface area contributed by atoms with Gasteiger partial charge >= 0.3 is 5.97 Å². The minimum atomic E-state index is -0.651. The average Bonchev–Trinajstić information content (AvgIpc) is 2.52. The zero-order valence-electron chi connectivity index (χ0n) is 12.5. The van der Waals surface area contributed by atoms with E-state index in [1.54, 1.807) is 6.92 Å². The number of nitrogens with zero attached hydrogens (tertiary/aromatic N) is 1. The van der Waals surface area contributed by atoms with Gasteiger partial charge in [-0.1, -0.05) is 46.8 Å². The quantitative estimate of drug-likeness (QED) is 0.645. The molecule has 1 heterocycles. The summed E-state index contributed by atoms with van der Waals surface area (Å²) in [6.07, 6.45) is 1.47. The number of benzene rings is 1. The Balaban J connectivity index is 2.60. The van der Waals surface area contributed by atoms with Crippen molar-refractivity contribution < 1.29 is 14.3 Å². The van der Waals surface area contributed by atoms with E-state index in [0.29, 0.717) is 5.76 Å². The van der Waals surface area contributed by atoms with Crippen molar-refractivity contribution in [2.75, 3.05) is 6.61 Å². The maximum atomic E-state index is 12.4. The standard InChI is InChI=1S/C17H15BrN2O3/c1-3-8-22-17(21)14-10(2)23-16(20)12(9-19)15(14)11-6-4-5-7-13(11)18/h3-7,15H,1,8,20H2,2H3. The molecule has 2 N–H and O–H groups in total. The van der Waals surface area contributed by atoms with Gasteiger partial charge in [0.1, 0.15) is 24.0 Å². The van der Waals surface area contributed by atoms with Crippen LogP contribution in [-0.4, -0.2) is 12.6 Å². The molecule has 0 fully saturated rings. The number of rotatable bonds is 4. The van der Waals surface area contributed by atoms with E-state index in [4.69, 9.17) is 15.2 Å². The van der Waals surface area contributed by atoms with E-state index in [1.807, 2.05) is 30.3 Å². The van der Waals surface area contributed by atoms with Crippen molar-refractivity contribution in [2.24, 2.45) is 5.73 Å². The average molecular weight is 375 g/mol. The van der Waals surface area contributed by atoms with E-state index in [0.717, 1.165) is 10.0 Å². The zero-order valence-corrected chi connectivity index (χ0v) is 14.1. The number of carbonyl (C=O) groups is 1. The Bertz CT molecular complexity index is 759. The molecule has 0 radical (unpaired) electrons. The molecule has 0 aromatic heterocycles. The lowest BCUT2D eigenvalue weighted by Gasteiger charge is -2.27. The van der Waals surface area contributed by atoms with Crippen molar-refractivity contribution in [2.45, 2.75) is 12.8 Å². The summed E-state index contributed by atoms with van der Waals surface area (Å²) < 4.78 is 11.3. The second-order valence-electron chi connectivity index (χ2n) is 4.80. The summed E-state index contributed by atoms with van der Waals surface area (Å²) in [6, 6.07) is 9.35. The van der Waals surface area contributed by atoms with E-state index in [-0.39, 0.29) is 23.6 Å². The molecule has 1 aromatic carbocycles. The third kappa shape index (κ3) is 3.30. The second-order valence-corrected chi connectivity index (χ2v) is 5.66. The molecule has 5 nitrogen and oxygen atoms in total. The van der Waals surface area contributed by atoms with Crippen LogP contribution in [0.3, 0.4) is 0 Å². The molecule has 0 amide bonds. The topological polar surface area (TPSA) is 85.3 Å². The van der Waals surface area contributed by atoms with Crippen molar-refractivity contribution in [3.8, 4) is 6.07 Å². The Hall–Kier alpha value is -2.52. The van der Waals surface area contributed by atoms with Crippen LogP contribution in [0.25, 0.3) is 0 Å². The summed E-state index contributed by atoms with van der Waals surface area (Å²) >= 11 is 3.45. The summed E-state index contributed by atoms with van der Waals surface area (Å²) in [5, 5.41) is 9.47. The molecule has 1 unspecified atom stereocenters. The van der Waals surface area contributed by atoms with Gasteiger partial charge in [0, 0.05) is 4.47 Å². The number of carbonyl (C=O) groups excluding carboxylic acids is 1. The van der Waals surface area contributed by atoms with Crippen molar-refractivity contribution >= 4 is 21.9 Å². The first-order valence-corrected chi connectivity index (χ1v) is 7.61. The van der Waals surface area contributed by atoms with Gasteiger partial charge in [-0.05, 0) is 18.6 Å². The van der Waals surface area contributed by atoms with Crippen LogP contribution < -0.4 is 5.73 Å². The molecule has 1 atom stereocenters. The van der Waals surface area contributed by atoms with Crippen LogP contribution in [0.1, 0.15) is 18.4 Å². The molecular weight excluding hydrogens is 360 g/mol. The lowest BCUT2D eigenvalue weighted by molar-refractivity contribution is -0.138. The molecule has 0 saturated heterocycles. The van der Waals surface area contributed by atoms with Gasteiger partial charge in [-0.3, -0.25) is 0 Å². The number of nitrogens with two attached hydrogens (primary N) is 1. The Labute approximate surface area is 142 Å². The fraction of sp³-hybridized carbons (Fsp3) is 0.176. The number of allylic oxidation sites excluding steroid dienone is 2. The maximum Gasteiger partial charge on any atom is 0.338 e. The molecular formula is C17H15BrN2O3. The number of nitriles is 1. The highest BCUT2D eigenvalue weighted by atomic mass is 79.9. The van der Waals surface area contributed by atoms with Gasteiger partial charge in [0.05, 0.1) is 11.5 Å². The minimum Gasteiger partial charge on any atom is -0.458 e. The van der Waals surface area contributed by atoms with Crippen LogP contribution >= 0.6 is 15.9 Å². The summed E-state index contributed by atoms with van der Waals surface area (Å²) in [6.45, 7) is 5.21. The first-order valence-electron chi connectivity index (χ1n) is 6.82. The summed E-state index contributed by atoms with van der Waals surface area (Å²) in [5.74, 6) is -0.910. The van der Waals surface area contributed by atoms with E-state index in [1.165, 1.54) is 6.08 Å². The highest BCUT2D eigenvalue weighted by molar-refractivity contribution is 9.10. The smallest absolute Gasteiger partial charge is 0.338 e. The Morgan fingerprint density at radius 2 is 2.26 bits per heavy atom. The highest BCUT2D eigenvalue weighted by Gasteiger charge is 2.37. The number of esters is 1. The second kappa shape index (κ2) is 7.16. The molecule has 0 bridgehead atoms. The molecule has 0 spiro atoms. The van der Waals surface area contributed by atoms with E-state index >= 15 is 0 Å². The normalized spacial score (nSPS) is 17.3. The van der Waals surface area contributed by atoms with Gasteiger partial charge in [-0.2, -0.15) is 5.26 Å². The molecule has 0 saturated carbocycles. The van der Waals surface area contributed by atoms with Gasteiger partial charge in [0.2, 0.25) is 5.88 Å². The molecule has 0 aliphatic carbocycles. The summed E-state index contributed by atoms with van der Waals surface area (Å²) in [7, 11) is 0. The Morgan fingerprint density at radius 3 is 2.87 bits per heavy atom. The number of halogens is 1. The van der Waals surface area contributed by atoms with Crippen LogP contribution in [0, 0.1) is 11.3 Å². The van der Waals surface area contributed by atoms with Gasteiger partial charge in [0.15, 0.2) is 0 Å². The molecule has 6 heteroatoms. The number of ether oxygens (including phenoxy) is 2. The van der Waals surface area contributed by atoms with Gasteiger partial charge in [0.25, 0.3) is 0 Å². The molecule has 23 heavy (non-hydrogen) atoms. The highest BCUT2D eigenvalue weighted by Crippen LogP contribution is 2.41. The largest absolute Gasteiger partial charge is 0.458 e. The molecule has 1 aliphatic rings. The fourth-order valence-electron chi connectivity index (χ4n) is 2.38. The SMILES string of the molecule is C=CCOC(=O)C1=C(C)OC(N)=C(C#N)C1c1ccccc1Br.